The lowest BCUT2D eigenvalue weighted by atomic mass is 10.0. The van der Waals surface area contributed by atoms with Gasteiger partial charge in [0.2, 0.25) is 23.6 Å². The minimum absolute atomic E-state index is 0.0596. The number of phenols is 1. The van der Waals surface area contributed by atoms with E-state index in [-0.39, 0.29) is 12.2 Å². The van der Waals surface area contributed by atoms with E-state index in [2.05, 4.69) is 16.0 Å². The molecule has 0 aliphatic carbocycles. The molecule has 194 valence electrons. The molecule has 0 radical (unpaired) electrons. The van der Waals surface area contributed by atoms with Gasteiger partial charge in [-0.2, -0.15) is 0 Å². The van der Waals surface area contributed by atoms with E-state index in [1.807, 2.05) is 0 Å². The summed E-state index contributed by atoms with van der Waals surface area (Å²) in [5.74, 6) is -5.39. The highest BCUT2D eigenvalue weighted by atomic mass is 16.4. The molecule has 0 aliphatic rings. The van der Waals surface area contributed by atoms with Crippen LogP contribution in [-0.2, 0) is 30.4 Å². The number of rotatable bonds is 13. The lowest BCUT2D eigenvalue weighted by Crippen LogP contribution is -2.61. The number of carbonyl (C=O) groups is 5. The molecule has 5 unspecified atom stereocenters. The molecule has 1 rings (SSSR count). The Morgan fingerprint density at radius 2 is 1.40 bits per heavy atom. The molecule has 0 bridgehead atoms. The van der Waals surface area contributed by atoms with E-state index in [0.717, 1.165) is 0 Å². The minimum atomic E-state index is -1.66. The number of aliphatic carboxylic acids is 1. The number of nitrogens with one attached hydrogen (secondary N) is 3. The highest BCUT2D eigenvalue weighted by Gasteiger charge is 2.34. The van der Waals surface area contributed by atoms with Gasteiger partial charge in [-0.1, -0.05) is 26.0 Å². The third kappa shape index (κ3) is 9.59. The number of phenolic OH excluding ortho intramolecular Hbond substituents is 1. The first kappa shape index (κ1) is 29.3. The van der Waals surface area contributed by atoms with E-state index in [0.29, 0.717) is 5.56 Å². The Morgan fingerprint density at radius 3 is 1.86 bits per heavy atom. The Balaban J connectivity index is 2.89. The zero-order chi connectivity index (χ0) is 26.9. The molecule has 1 aromatic carbocycles. The number of aliphatic hydroxyl groups is 1. The lowest BCUT2D eigenvalue weighted by molar-refractivity contribution is -0.144. The summed E-state index contributed by atoms with van der Waals surface area (Å²) >= 11 is 0. The number of nitrogens with two attached hydrogens (primary N) is 2. The number of amides is 4. The van der Waals surface area contributed by atoms with Crippen LogP contribution in [0.3, 0.4) is 0 Å². The quantitative estimate of drug-likeness (QED) is 0.147. The van der Waals surface area contributed by atoms with E-state index in [9.17, 15) is 34.2 Å². The van der Waals surface area contributed by atoms with Gasteiger partial charge in [0.25, 0.3) is 0 Å². The van der Waals surface area contributed by atoms with E-state index in [4.69, 9.17) is 16.6 Å². The largest absolute Gasteiger partial charge is 0.508 e. The van der Waals surface area contributed by atoms with E-state index >= 15 is 0 Å². The van der Waals surface area contributed by atoms with Crippen LogP contribution < -0.4 is 27.4 Å². The molecule has 0 aromatic heterocycles. The monoisotopic (exact) mass is 495 g/mol. The van der Waals surface area contributed by atoms with Gasteiger partial charge < -0.3 is 42.7 Å². The van der Waals surface area contributed by atoms with Crippen LogP contribution in [0.15, 0.2) is 24.3 Å². The Morgan fingerprint density at radius 1 is 0.886 bits per heavy atom. The molecular weight excluding hydrogens is 462 g/mol. The van der Waals surface area contributed by atoms with Crippen molar-refractivity contribution in [2.24, 2.45) is 17.4 Å². The second-order valence-electron chi connectivity index (χ2n) is 8.50. The molecule has 1 aromatic rings. The minimum Gasteiger partial charge on any atom is -0.508 e. The highest BCUT2D eigenvalue weighted by Crippen LogP contribution is 2.11. The van der Waals surface area contributed by atoms with Crippen LogP contribution in [0, 0.1) is 5.92 Å². The number of aliphatic hydroxyl groups excluding tert-OH is 1. The van der Waals surface area contributed by atoms with Crippen LogP contribution in [-0.4, -0.2) is 75.2 Å². The topological polar surface area (TPSA) is 234 Å². The Hall–Kier alpha value is -3.71. The van der Waals surface area contributed by atoms with E-state index in [1.165, 1.54) is 19.1 Å². The van der Waals surface area contributed by atoms with Crippen molar-refractivity contribution in [3.63, 3.8) is 0 Å². The molecule has 0 saturated heterocycles. The third-order valence-electron chi connectivity index (χ3n) is 5.06. The maximum atomic E-state index is 12.9. The molecule has 13 nitrogen and oxygen atoms in total. The summed E-state index contributed by atoms with van der Waals surface area (Å²) in [7, 11) is 0. The fraction of sp³-hybridized carbons (Fsp3) is 0.500. The standard InChI is InChI=1S/C22H33N5O8/c1-10(2)17(26-19(31)14(23)8-12-4-6-13(29)7-5-12)20(32)27-18(11(3)28)21(33)25-15(22(34)35)9-16(24)30/h4-7,10-11,14-15,17-18,28-29H,8-9,23H2,1-3H3,(H2,24,30)(H,25,33)(H,26,31)(H,27,32)(H,34,35). The number of primary amides is 1. The summed E-state index contributed by atoms with van der Waals surface area (Å²) in [5.41, 5.74) is 11.6. The maximum Gasteiger partial charge on any atom is 0.326 e. The van der Waals surface area contributed by atoms with Crippen LogP contribution in [0.2, 0.25) is 0 Å². The summed E-state index contributed by atoms with van der Waals surface area (Å²) in [6.07, 6.45) is -2.00. The summed E-state index contributed by atoms with van der Waals surface area (Å²) in [6, 6.07) is 0.705. The van der Waals surface area contributed by atoms with Crippen molar-refractivity contribution in [1.82, 2.24) is 16.0 Å². The number of aromatic hydroxyl groups is 1. The first-order valence-electron chi connectivity index (χ1n) is 10.9. The molecule has 0 aliphatic heterocycles. The van der Waals surface area contributed by atoms with E-state index in [1.54, 1.807) is 26.0 Å². The Labute approximate surface area is 202 Å². The number of benzene rings is 1. The molecule has 35 heavy (non-hydrogen) atoms. The number of carboxylic acids is 1. The van der Waals surface area contributed by atoms with Crippen molar-refractivity contribution in [2.45, 2.75) is 63.9 Å². The van der Waals surface area contributed by atoms with Gasteiger partial charge in [-0.25, -0.2) is 4.79 Å². The number of carbonyl (C=O) groups excluding carboxylic acids is 4. The Bertz CT molecular complexity index is 919. The molecule has 0 spiro atoms. The van der Waals surface area contributed by atoms with Gasteiger partial charge in [0.05, 0.1) is 18.6 Å². The van der Waals surface area contributed by atoms with Crippen molar-refractivity contribution >= 4 is 29.6 Å². The Kier molecular flexibility index (Phi) is 11.1. The van der Waals surface area contributed by atoms with Crippen molar-refractivity contribution in [2.75, 3.05) is 0 Å². The molecule has 0 fully saturated rings. The lowest BCUT2D eigenvalue weighted by Gasteiger charge is -2.28. The van der Waals surface area contributed by atoms with Crippen molar-refractivity contribution < 1.29 is 39.3 Å². The third-order valence-corrected chi connectivity index (χ3v) is 5.06. The summed E-state index contributed by atoms with van der Waals surface area (Å²) in [5, 5.41) is 35.4. The van der Waals surface area contributed by atoms with Crippen molar-refractivity contribution in [3.05, 3.63) is 29.8 Å². The van der Waals surface area contributed by atoms with Gasteiger partial charge >= 0.3 is 5.97 Å². The molecule has 0 saturated carbocycles. The van der Waals surface area contributed by atoms with E-state index < -0.39 is 72.2 Å². The fourth-order valence-electron chi connectivity index (χ4n) is 3.08. The average Bonchev–Trinajstić information content (AvgIpc) is 2.75. The molecule has 5 atom stereocenters. The van der Waals surface area contributed by atoms with Gasteiger partial charge in [-0.15, -0.1) is 0 Å². The van der Waals surface area contributed by atoms with Crippen LogP contribution in [0.1, 0.15) is 32.8 Å². The number of carboxylic acid groups (broad SMARTS) is 1. The maximum absolute atomic E-state index is 12.9. The van der Waals surface area contributed by atoms with Gasteiger partial charge in [-0.3, -0.25) is 19.2 Å². The van der Waals surface area contributed by atoms with Crippen LogP contribution in [0.25, 0.3) is 0 Å². The van der Waals surface area contributed by atoms with Crippen molar-refractivity contribution in [1.29, 1.82) is 0 Å². The van der Waals surface area contributed by atoms with Crippen LogP contribution in [0.4, 0.5) is 0 Å². The molecular formula is C22H33N5O8. The zero-order valence-corrected chi connectivity index (χ0v) is 19.7. The average molecular weight is 496 g/mol. The smallest absolute Gasteiger partial charge is 0.326 e. The summed E-state index contributed by atoms with van der Waals surface area (Å²) in [6.45, 7) is 4.48. The van der Waals surface area contributed by atoms with Gasteiger partial charge in [0.1, 0.15) is 23.9 Å². The zero-order valence-electron chi connectivity index (χ0n) is 19.7. The fourth-order valence-corrected chi connectivity index (χ4v) is 3.08. The van der Waals surface area contributed by atoms with Gasteiger partial charge in [0.15, 0.2) is 0 Å². The van der Waals surface area contributed by atoms with Crippen LogP contribution in [0.5, 0.6) is 5.75 Å². The second-order valence-corrected chi connectivity index (χ2v) is 8.50. The molecule has 0 heterocycles. The molecule has 4 amide bonds. The first-order valence-corrected chi connectivity index (χ1v) is 10.9. The molecule has 13 heteroatoms. The highest BCUT2D eigenvalue weighted by molar-refractivity contribution is 5.95. The predicted molar refractivity (Wildman–Crippen MR) is 124 cm³/mol. The number of hydrogen-bond donors (Lipinski definition) is 8. The number of hydrogen-bond acceptors (Lipinski definition) is 8. The first-order chi connectivity index (χ1) is 16.2. The SMILES string of the molecule is CC(C)C(NC(=O)C(N)Cc1ccc(O)cc1)C(=O)NC(C(=O)NC(CC(N)=O)C(=O)O)C(C)O. The second kappa shape index (κ2) is 13.2. The summed E-state index contributed by atoms with van der Waals surface area (Å²) < 4.78 is 0. The van der Waals surface area contributed by atoms with Crippen LogP contribution >= 0.6 is 0 Å². The predicted octanol–water partition coefficient (Wildman–Crippen LogP) is -2.29. The van der Waals surface area contributed by atoms with Crippen molar-refractivity contribution in [3.8, 4) is 5.75 Å². The van der Waals surface area contributed by atoms with Gasteiger partial charge in [-0.05, 0) is 37.0 Å². The summed E-state index contributed by atoms with van der Waals surface area (Å²) in [4.78, 5) is 60.4. The molecule has 10 N–H and O–H groups in total. The van der Waals surface area contributed by atoms with Gasteiger partial charge in [0, 0.05) is 0 Å². The normalized spacial score (nSPS) is 15.3.